The molecule has 3 rings (SSSR count). The molecule has 0 aromatic heterocycles. The molecule has 0 aliphatic carbocycles. The first-order chi connectivity index (χ1) is 14.1. The summed E-state index contributed by atoms with van der Waals surface area (Å²) in [5, 5.41) is 2.65. The highest BCUT2D eigenvalue weighted by atomic mass is 16.5. The number of amides is 2. The number of benzene rings is 2. The summed E-state index contributed by atoms with van der Waals surface area (Å²) in [4.78, 5) is 29.0. The lowest BCUT2D eigenvalue weighted by Gasteiger charge is -2.25. The zero-order valence-corrected chi connectivity index (χ0v) is 16.9. The summed E-state index contributed by atoms with van der Waals surface area (Å²) < 4.78 is 5.22. The van der Waals surface area contributed by atoms with Crippen LogP contribution in [0.5, 0.6) is 0 Å². The van der Waals surface area contributed by atoms with Gasteiger partial charge in [-0.25, -0.2) is 4.79 Å². The predicted octanol–water partition coefficient (Wildman–Crippen LogP) is 3.04. The number of alkyl carbamates (subject to hydrolysis) is 1. The molecule has 29 heavy (non-hydrogen) atoms. The third-order valence-electron chi connectivity index (χ3n) is 5.07. The zero-order valence-electron chi connectivity index (χ0n) is 16.9. The van der Waals surface area contributed by atoms with Crippen molar-refractivity contribution in [2.24, 2.45) is 0 Å². The maximum atomic E-state index is 12.8. The van der Waals surface area contributed by atoms with Gasteiger partial charge in [0.15, 0.2) is 0 Å². The first-order valence-electron chi connectivity index (χ1n) is 10.1. The van der Waals surface area contributed by atoms with Crippen LogP contribution in [0.3, 0.4) is 0 Å². The third kappa shape index (κ3) is 6.61. The number of nitrogens with zero attached hydrogens (tertiary/aromatic N) is 2. The zero-order chi connectivity index (χ0) is 20.5. The second-order valence-electron chi connectivity index (χ2n) is 7.37. The maximum absolute atomic E-state index is 12.8. The average molecular weight is 396 g/mol. The molecule has 1 N–H and O–H groups in total. The molecule has 1 heterocycles. The molecule has 6 nitrogen and oxygen atoms in total. The molecular formula is C23H29N3O3. The highest BCUT2D eigenvalue weighted by Crippen LogP contribution is 2.10. The Kier molecular flexibility index (Phi) is 7.64. The van der Waals surface area contributed by atoms with Crippen LogP contribution in [0, 0.1) is 0 Å². The van der Waals surface area contributed by atoms with E-state index in [1.165, 1.54) is 5.56 Å². The van der Waals surface area contributed by atoms with E-state index in [1.54, 1.807) is 6.92 Å². The van der Waals surface area contributed by atoms with Crippen LogP contribution in [0.15, 0.2) is 60.7 Å². The Labute approximate surface area is 172 Å². The van der Waals surface area contributed by atoms with Gasteiger partial charge in [0, 0.05) is 32.7 Å². The van der Waals surface area contributed by atoms with Crippen molar-refractivity contribution in [3.8, 4) is 0 Å². The number of nitrogens with one attached hydrogen (secondary N) is 1. The van der Waals surface area contributed by atoms with Crippen LogP contribution in [-0.2, 0) is 22.7 Å². The van der Waals surface area contributed by atoms with Gasteiger partial charge >= 0.3 is 6.09 Å². The smallest absolute Gasteiger partial charge is 0.408 e. The predicted molar refractivity (Wildman–Crippen MR) is 112 cm³/mol. The number of rotatable bonds is 6. The molecule has 2 aromatic carbocycles. The molecule has 1 fully saturated rings. The number of carbonyl (C=O) groups is 2. The van der Waals surface area contributed by atoms with E-state index in [-0.39, 0.29) is 12.5 Å². The van der Waals surface area contributed by atoms with Gasteiger partial charge in [0.1, 0.15) is 12.6 Å². The molecule has 1 aliphatic heterocycles. The normalized spacial score (nSPS) is 16.0. The minimum atomic E-state index is -0.612. The third-order valence-corrected chi connectivity index (χ3v) is 5.07. The van der Waals surface area contributed by atoms with E-state index in [9.17, 15) is 9.59 Å². The van der Waals surface area contributed by atoms with E-state index in [1.807, 2.05) is 53.4 Å². The summed E-state index contributed by atoms with van der Waals surface area (Å²) in [7, 11) is 0. The van der Waals surface area contributed by atoms with Crippen molar-refractivity contribution in [3.05, 3.63) is 71.8 Å². The molecule has 6 heteroatoms. The monoisotopic (exact) mass is 395 g/mol. The fourth-order valence-electron chi connectivity index (χ4n) is 3.47. The molecule has 0 spiro atoms. The van der Waals surface area contributed by atoms with Crippen LogP contribution in [0.1, 0.15) is 24.5 Å². The van der Waals surface area contributed by atoms with Crippen LogP contribution in [0.25, 0.3) is 0 Å². The maximum Gasteiger partial charge on any atom is 0.408 e. The van der Waals surface area contributed by atoms with E-state index < -0.39 is 12.1 Å². The minimum Gasteiger partial charge on any atom is -0.445 e. The van der Waals surface area contributed by atoms with Gasteiger partial charge < -0.3 is 15.0 Å². The van der Waals surface area contributed by atoms with Gasteiger partial charge in [0.2, 0.25) is 5.91 Å². The van der Waals surface area contributed by atoms with Crippen molar-refractivity contribution in [2.45, 2.75) is 32.5 Å². The van der Waals surface area contributed by atoms with Crippen LogP contribution >= 0.6 is 0 Å². The topological polar surface area (TPSA) is 61.9 Å². The Morgan fingerprint density at radius 1 is 0.931 bits per heavy atom. The Balaban J connectivity index is 1.43. The lowest BCUT2D eigenvalue weighted by atomic mass is 10.2. The lowest BCUT2D eigenvalue weighted by Crippen LogP contribution is -2.48. The molecule has 0 saturated carbocycles. The van der Waals surface area contributed by atoms with Crippen molar-refractivity contribution < 1.29 is 14.3 Å². The van der Waals surface area contributed by atoms with Gasteiger partial charge in [-0.3, -0.25) is 9.69 Å². The van der Waals surface area contributed by atoms with Gasteiger partial charge in [-0.1, -0.05) is 60.7 Å². The van der Waals surface area contributed by atoms with Crippen molar-refractivity contribution >= 4 is 12.0 Å². The molecule has 154 valence electrons. The summed E-state index contributed by atoms with van der Waals surface area (Å²) in [5.41, 5.74) is 2.19. The van der Waals surface area contributed by atoms with E-state index in [0.29, 0.717) is 13.1 Å². The molecule has 1 aliphatic rings. The van der Waals surface area contributed by atoms with Crippen molar-refractivity contribution in [2.75, 3.05) is 26.2 Å². The fraction of sp³-hybridized carbons (Fsp3) is 0.391. The first-order valence-corrected chi connectivity index (χ1v) is 10.1. The van der Waals surface area contributed by atoms with Crippen molar-refractivity contribution in [1.29, 1.82) is 0 Å². The molecular weight excluding hydrogens is 366 g/mol. The van der Waals surface area contributed by atoms with E-state index >= 15 is 0 Å². The summed E-state index contributed by atoms with van der Waals surface area (Å²) in [6.07, 6.45) is 0.347. The van der Waals surface area contributed by atoms with Gasteiger partial charge in [-0.05, 0) is 24.5 Å². The number of ether oxygens (including phenoxy) is 1. The average Bonchev–Trinajstić information content (AvgIpc) is 2.99. The molecule has 0 unspecified atom stereocenters. The second-order valence-corrected chi connectivity index (χ2v) is 7.37. The van der Waals surface area contributed by atoms with Crippen molar-refractivity contribution in [1.82, 2.24) is 15.1 Å². The van der Waals surface area contributed by atoms with Crippen LogP contribution in [0.4, 0.5) is 4.79 Å². The van der Waals surface area contributed by atoms with Gasteiger partial charge in [-0.15, -0.1) is 0 Å². The SMILES string of the molecule is C[C@@H](NC(=O)OCc1ccccc1)C(=O)N1CCCN(Cc2ccccc2)CC1. The molecule has 1 atom stereocenters. The second kappa shape index (κ2) is 10.6. The number of hydrogen-bond donors (Lipinski definition) is 1. The lowest BCUT2D eigenvalue weighted by molar-refractivity contribution is -0.132. The fourth-order valence-corrected chi connectivity index (χ4v) is 3.47. The molecule has 2 aromatic rings. The van der Waals surface area contributed by atoms with E-state index in [2.05, 4.69) is 22.3 Å². The van der Waals surface area contributed by atoms with Crippen molar-refractivity contribution in [3.63, 3.8) is 0 Å². The summed E-state index contributed by atoms with van der Waals surface area (Å²) in [6.45, 7) is 5.93. The summed E-state index contributed by atoms with van der Waals surface area (Å²) in [5.74, 6) is -0.0665. The quantitative estimate of drug-likeness (QED) is 0.817. The van der Waals surface area contributed by atoms with Gasteiger partial charge in [0.05, 0.1) is 0 Å². The largest absolute Gasteiger partial charge is 0.445 e. The van der Waals surface area contributed by atoms with Crippen LogP contribution in [0.2, 0.25) is 0 Å². The number of carbonyl (C=O) groups excluding carboxylic acids is 2. The Morgan fingerprint density at radius 3 is 2.28 bits per heavy atom. The molecule has 2 amide bonds. The van der Waals surface area contributed by atoms with Crippen LogP contribution < -0.4 is 5.32 Å². The summed E-state index contributed by atoms with van der Waals surface area (Å²) >= 11 is 0. The molecule has 0 bridgehead atoms. The van der Waals surface area contributed by atoms with Gasteiger partial charge in [0.25, 0.3) is 0 Å². The standard InChI is InChI=1S/C23H29N3O3/c1-19(24-23(28)29-18-21-11-6-3-7-12-21)22(27)26-14-8-13-25(15-16-26)17-20-9-4-2-5-10-20/h2-7,9-12,19H,8,13-18H2,1H3,(H,24,28)/t19-/m1/s1. The number of hydrogen-bond acceptors (Lipinski definition) is 4. The Hall–Kier alpha value is -2.86. The highest BCUT2D eigenvalue weighted by Gasteiger charge is 2.24. The first kappa shape index (κ1) is 20.9. The van der Waals surface area contributed by atoms with E-state index in [0.717, 1.165) is 31.6 Å². The molecule has 1 saturated heterocycles. The minimum absolute atomic E-state index is 0.0665. The van der Waals surface area contributed by atoms with E-state index in [4.69, 9.17) is 4.74 Å². The van der Waals surface area contributed by atoms with Gasteiger partial charge in [-0.2, -0.15) is 0 Å². The van der Waals surface area contributed by atoms with Crippen LogP contribution in [-0.4, -0.2) is 54.0 Å². The Bertz CT molecular complexity index is 782. The Morgan fingerprint density at radius 2 is 1.59 bits per heavy atom. The highest BCUT2D eigenvalue weighted by molar-refractivity contribution is 5.85. The molecule has 0 radical (unpaired) electrons. The summed E-state index contributed by atoms with van der Waals surface area (Å²) in [6, 6.07) is 19.2.